The number of halogens is 4. The fraction of sp³-hybridized carbons (Fsp3) is 0.111. The van der Waals surface area contributed by atoms with Crippen LogP contribution in [0.1, 0.15) is 0 Å². The molecule has 1 N–H and O–H groups in total. The number of nitrogens with one attached hydrogen (secondary N) is 1. The van der Waals surface area contributed by atoms with Crippen molar-refractivity contribution < 1.29 is 13.2 Å². The summed E-state index contributed by atoms with van der Waals surface area (Å²) in [6, 6.07) is 0. The lowest BCUT2D eigenvalue weighted by atomic mass is 10.6. The summed E-state index contributed by atoms with van der Waals surface area (Å²) in [5, 5.41) is -0.145. The first kappa shape index (κ1) is 16.9. The summed E-state index contributed by atoms with van der Waals surface area (Å²) in [5.74, 6) is -0.227. The van der Waals surface area contributed by atoms with Crippen LogP contribution in [0.25, 0.3) is 0 Å². The third-order valence-corrected chi connectivity index (χ3v) is 6.83. The molecule has 0 atom stereocenters. The Morgan fingerprint density at radius 2 is 1.90 bits per heavy atom. The van der Waals surface area contributed by atoms with Gasteiger partial charge in [0.15, 0.2) is 9.36 Å². The topological polar surface area (TPSA) is 81.2 Å². The number of methoxy groups -OCH3 is 1. The molecule has 21 heavy (non-hydrogen) atoms. The Labute approximate surface area is 144 Å². The Kier molecular flexibility index (Phi) is 5.07. The van der Waals surface area contributed by atoms with Gasteiger partial charge in [0.05, 0.1) is 23.4 Å². The van der Waals surface area contributed by atoms with Crippen LogP contribution in [0.15, 0.2) is 10.4 Å². The molecular weight excluding hydrogens is 404 g/mol. The number of hydrogen-bond acceptors (Lipinski definition) is 6. The van der Waals surface area contributed by atoms with Gasteiger partial charge in [-0.15, -0.1) is 11.3 Å². The predicted molar refractivity (Wildman–Crippen MR) is 83.8 cm³/mol. The van der Waals surface area contributed by atoms with E-state index in [4.69, 9.17) is 51.1 Å². The van der Waals surface area contributed by atoms with Crippen molar-refractivity contribution >= 4 is 73.6 Å². The summed E-state index contributed by atoms with van der Waals surface area (Å²) in [6.07, 6.45) is 1.16. The van der Waals surface area contributed by atoms with Gasteiger partial charge in [-0.25, -0.2) is 13.4 Å². The Hall–Kier alpha value is -0.510. The molecule has 0 aliphatic heterocycles. The normalized spacial score (nSPS) is 11.5. The van der Waals surface area contributed by atoms with Gasteiger partial charge in [-0.2, -0.15) is 4.98 Å². The molecule has 2 rings (SSSR count). The van der Waals surface area contributed by atoms with Gasteiger partial charge in [0, 0.05) is 0 Å². The Bertz CT molecular complexity index is 794. The maximum Gasteiger partial charge on any atom is 0.274 e. The molecule has 114 valence electrons. The summed E-state index contributed by atoms with van der Waals surface area (Å²) in [4.78, 5) is 7.59. The second-order valence-electron chi connectivity index (χ2n) is 3.45. The van der Waals surface area contributed by atoms with Gasteiger partial charge in [0.2, 0.25) is 5.82 Å². The molecule has 0 amide bonds. The van der Waals surface area contributed by atoms with E-state index >= 15 is 0 Å². The third kappa shape index (κ3) is 3.46. The number of sulfonamides is 1. The van der Waals surface area contributed by atoms with Gasteiger partial charge in [-0.05, 0) is 0 Å². The van der Waals surface area contributed by atoms with Crippen LogP contribution in [0.5, 0.6) is 5.88 Å². The number of hydrogen-bond donors (Lipinski definition) is 1. The van der Waals surface area contributed by atoms with E-state index in [1.807, 2.05) is 0 Å². The average Bonchev–Trinajstić information content (AvgIpc) is 2.69. The fourth-order valence-corrected chi connectivity index (χ4v) is 4.97. The molecule has 0 radical (unpaired) electrons. The highest BCUT2D eigenvalue weighted by molar-refractivity contribution is 7.94. The molecule has 0 unspecified atom stereocenters. The molecule has 12 heteroatoms. The van der Waals surface area contributed by atoms with E-state index in [1.54, 1.807) is 0 Å². The van der Waals surface area contributed by atoms with Crippen LogP contribution in [0.4, 0.5) is 5.82 Å². The third-order valence-electron chi connectivity index (χ3n) is 2.11. The van der Waals surface area contributed by atoms with Crippen molar-refractivity contribution in [3.63, 3.8) is 0 Å². The molecule has 0 aliphatic rings. The number of ether oxygens (including phenoxy) is 1. The van der Waals surface area contributed by atoms with Crippen LogP contribution < -0.4 is 9.46 Å². The summed E-state index contributed by atoms with van der Waals surface area (Å²) < 4.78 is 31.5. The number of thiophene rings is 1. The van der Waals surface area contributed by atoms with Crippen LogP contribution >= 0.6 is 57.7 Å². The lowest BCUT2D eigenvalue weighted by Gasteiger charge is -2.09. The van der Waals surface area contributed by atoms with Crippen LogP contribution in [-0.4, -0.2) is 25.5 Å². The molecular formula is C9H5Cl4N3O3S2. The quantitative estimate of drug-likeness (QED) is 0.827. The highest BCUT2D eigenvalue weighted by Crippen LogP contribution is 2.43. The minimum Gasteiger partial charge on any atom is -0.478 e. The van der Waals surface area contributed by atoms with Crippen molar-refractivity contribution in [2.24, 2.45) is 0 Å². The van der Waals surface area contributed by atoms with Crippen molar-refractivity contribution in [1.82, 2.24) is 9.97 Å². The zero-order chi connectivity index (χ0) is 15.8. The smallest absolute Gasteiger partial charge is 0.274 e. The maximum absolute atomic E-state index is 12.3. The van der Waals surface area contributed by atoms with Crippen molar-refractivity contribution in [2.45, 2.75) is 4.21 Å². The van der Waals surface area contributed by atoms with Gasteiger partial charge >= 0.3 is 0 Å². The number of aromatic nitrogens is 2. The van der Waals surface area contributed by atoms with E-state index < -0.39 is 10.0 Å². The number of rotatable bonds is 4. The lowest BCUT2D eigenvalue weighted by Crippen LogP contribution is -2.14. The summed E-state index contributed by atoms with van der Waals surface area (Å²) in [7, 11) is -2.75. The highest BCUT2D eigenvalue weighted by Gasteiger charge is 2.27. The molecule has 0 spiro atoms. The molecule has 2 heterocycles. The van der Waals surface area contributed by atoms with Crippen LogP contribution in [0.2, 0.25) is 19.5 Å². The molecule has 0 aromatic carbocycles. The number of anilines is 1. The predicted octanol–water partition coefficient (Wildman–Crippen LogP) is 3.96. The van der Waals surface area contributed by atoms with Gasteiger partial charge in [0.25, 0.3) is 15.9 Å². The fourth-order valence-electron chi connectivity index (χ4n) is 1.26. The summed E-state index contributed by atoms with van der Waals surface area (Å²) >= 11 is 23.8. The van der Waals surface area contributed by atoms with Gasteiger partial charge in [0.1, 0.15) is 4.34 Å². The van der Waals surface area contributed by atoms with E-state index in [1.165, 1.54) is 7.11 Å². The number of nitrogens with zero attached hydrogens (tertiary/aromatic N) is 2. The monoisotopic (exact) mass is 407 g/mol. The Morgan fingerprint density at radius 3 is 2.43 bits per heavy atom. The molecule has 2 aromatic heterocycles. The first-order chi connectivity index (χ1) is 9.76. The van der Waals surface area contributed by atoms with Crippen LogP contribution in [0, 0.1) is 0 Å². The van der Waals surface area contributed by atoms with Crippen molar-refractivity contribution in [2.75, 3.05) is 11.8 Å². The molecule has 0 saturated carbocycles. The van der Waals surface area contributed by atoms with E-state index in [0.717, 1.165) is 17.5 Å². The van der Waals surface area contributed by atoms with E-state index in [9.17, 15) is 8.42 Å². The van der Waals surface area contributed by atoms with Gasteiger partial charge in [-0.3, -0.25) is 4.72 Å². The first-order valence-electron chi connectivity index (χ1n) is 4.99. The molecule has 6 nitrogen and oxygen atoms in total. The second kappa shape index (κ2) is 6.31. The average molecular weight is 409 g/mol. The van der Waals surface area contributed by atoms with Crippen molar-refractivity contribution in [3.05, 3.63) is 25.7 Å². The SMILES string of the molecule is COc1nc(Cl)cnc1NS(=O)(=O)c1sc(Cl)c(Cl)c1Cl. The van der Waals surface area contributed by atoms with E-state index in [2.05, 4.69) is 14.7 Å². The van der Waals surface area contributed by atoms with Crippen molar-refractivity contribution in [3.8, 4) is 5.88 Å². The Morgan fingerprint density at radius 1 is 1.24 bits per heavy atom. The highest BCUT2D eigenvalue weighted by atomic mass is 35.5. The van der Waals surface area contributed by atoms with Crippen LogP contribution in [0.3, 0.4) is 0 Å². The summed E-state index contributed by atoms with van der Waals surface area (Å²) in [5.41, 5.74) is 0. The summed E-state index contributed by atoms with van der Waals surface area (Å²) in [6.45, 7) is 0. The standard InChI is InChI=1S/C9H5Cl4N3O3S2/c1-19-8-7(14-2-3(10)15-8)16-21(17,18)9-5(12)4(11)6(13)20-9/h2H,1H3,(H,14,16). The maximum atomic E-state index is 12.3. The molecule has 0 aliphatic carbocycles. The second-order valence-corrected chi connectivity index (χ2v) is 8.09. The largest absolute Gasteiger partial charge is 0.478 e. The molecule has 2 aromatic rings. The first-order valence-corrected chi connectivity index (χ1v) is 8.80. The zero-order valence-corrected chi connectivity index (χ0v) is 14.7. The zero-order valence-electron chi connectivity index (χ0n) is 10.0. The van der Waals surface area contributed by atoms with E-state index in [-0.39, 0.29) is 35.4 Å². The molecule has 0 bridgehead atoms. The minimum atomic E-state index is -4.05. The minimum absolute atomic E-state index is 0.0298. The Balaban J connectivity index is 2.44. The van der Waals surface area contributed by atoms with Gasteiger partial charge in [-0.1, -0.05) is 46.4 Å². The lowest BCUT2D eigenvalue weighted by molar-refractivity contribution is 0.398. The van der Waals surface area contributed by atoms with Crippen molar-refractivity contribution in [1.29, 1.82) is 0 Å². The van der Waals surface area contributed by atoms with Crippen LogP contribution in [-0.2, 0) is 10.0 Å². The molecule has 0 saturated heterocycles. The molecule has 0 fully saturated rings. The van der Waals surface area contributed by atoms with E-state index in [0.29, 0.717) is 0 Å². The van der Waals surface area contributed by atoms with Gasteiger partial charge < -0.3 is 4.74 Å².